The number of hydrogen-bond acceptors (Lipinski definition) is 2. The molecule has 1 aliphatic rings. The van der Waals surface area contributed by atoms with Gasteiger partial charge in [0.05, 0.1) is 0 Å². The molecule has 0 amide bonds. The molecule has 0 radical (unpaired) electrons. The summed E-state index contributed by atoms with van der Waals surface area (Å²) < 4.78 is 0. The van der Waals surface area contributed by atoms with Crippen LogP contribution in [0.25, 0.3) is 0 Å². The fourth-order valence-electron chi connectivity index (χ4n) is 2.77. The molecule has 1 fully saturated rings. The zero-order valence-electron chi connectivity index (χ0n) is 11.3. The van der Waals surface area contributed by atoms with Gasteiger partial charge in [-0.3, -0.25) is 0 Å². The number of hydrogen-bond donors (Lipinski definition) is 2. The van der Waals surface area contributed by atoms with Crippen LogP contribution in [0, 0.1) is 5.41 Å². The Morgan fingerprint density at radius 1 is 0.938 bits per heavy atom. The summed E-state index contributed by atoms with van der Waals surface area (Å²) in [4.78, 5) is 0. The van der Waals surface area contributed by atoms with E-state index in [0.717, 1.165) is 0 Å². The summed E-state index contributed by atoms with van der Waals surface area (Å²) in [7, 11) is 0. The van der Waals surface area contributed by atoms with E-state index in [2.05, 4.69) is 24.5 Å². The van der Waals surface area contributed by atoms with Crippen LogP contribution < -0.4 is 10.6 Å². The van der Waals surface area contributed by atoms with Gasteiger partial charge in [0.1, 0.15) is 0 Å². The quantitative estimate of drug-likeness (QED) is 0.591. The van der Waals surface area contributed by atoms with Gasteiger partial charge >= 0.3 is 0 Å². The molecule has 1 saturated carbocycles. The average molecular weight is 226 g/mol. The molecule has 0 spiro atoms. The lowest BCUT2D eigenvalue weighted by Gasteiger charge is -2.27. The van der Waals surface area contributed by atoms with E-state index in [1.807, 2.05) is 0 Å². The van der Waals surface area contributed by atoms with Crippen molar-refractivity contribution in [1.82, 2.24) is 10.6 Å². The summed E-state index contributed by atoms with van der Waals surface area (Å²) in [5.74, 6) is 0. The van der Waals surface area contributed by atoms with Crippen molar-refractivity contribution in [2.45, 2.75) is 58.8 Å². The van der Waals surface area contributed by atoms with Gasteiger partial charge in [0.15, 0.2) is 0 Å². The number of nitrogens with one attached hydrogen (secondary N) is 2. The van der Waals surface area contributed by atoms with E-state index in [1.54, 1.807) is 0 Å². The fraction of sp³-hybridized carbons (Fsp3) is 1.00. The first-order chi connectivity index (χ1) is 7.83. The Bertz CT molecular complexity index is 162. The highest BCUT2D eigenvalue weighted by Crippen LogP contribution is 2.40. The van der Waals surface area contributed by atoms with Crippen LogP contribution >= 0.6 is 0 Å². The SMILES string of the molecule is CCCNCCCNCC1(CC)CCCC1. The summed E-state index contributed by atoms with van der Waals surface area (Å²) in [5, 5.41) is 7.10. The monoisotopic (exact) mass is 226 g/mol. The molecule has 16 heavy (non-hydrogen) atoms. The third kappa shape index (κ3) is 4.84. The lowest BCUT2D eigenvalue weighted by molar-refractivity contribution is 0.269. The molecule has 0 aromatic carbocycles. The smallest absolute Gasteiger partial charge is 0.000771 e. The minimum absolute atomic E-state index is 0.650. The molecule has 0 heterocycles. The molecule has 0 aliphatic heterocycles. The standard InChI is InChI=1S/C14H30N2/c1-3-10-15-11-7-12-16-13-14(4-2)8-5-6-9-14/h15-16H,3-13H2,1-2H3. The molecule has 1 aliphatic carbocycles. The summed E-state index contributed by atoms with van der Waals surface area (Å²) in [5.41, 5.74) is 0.650. The molecule has 0 aromatic heterocycles. The van der Waals surface area contributed by atoms with Gasteiger partial charge in [-0.15, -0.1) is 0 Å². The maximum atomic E-state index is 3.66. The minimum atomic E-state index is 0.650. The van der Waals surface area contributed by atoms with E-state index in [4.69, 9.17) is 0 Å². The van der Waals surface area contributed by atoms with E-state index in [-0.39, 0.29) is 0 Å². The molecule has 96 valence electrons. The third-order valence-corrected chi connectivity index (χ3v) is 4.05. The normalized spacial score (nSPS) is 19.1. The van der Waals surface area contributed by atoms with E-state index in [9.17, 15) is 0 Å². The van der Waals surface area contributed by atoms with Crippen LogP contribution in [-0.2, 0) is 0 Å². The molecule has 2 nitrogen and oxygen atoms in total. The molecular weight excluding hydrogens is 196 g/mol. The highest BCUT2D eigenvalue weighted by Gasteiger charge is 2.31. The van der Waals surface area contributed by atoms with Crippen molar-refractivity contribution in [1.29, 1.82) is 0 Å². The van der Waals surface area contributed by atoms with Gasteiger partial charge in [0, 0.05) is 6.54 Å². The predicted octanol–water partition coefficient (Wildman–Crippen LogP) is 2.94. The Hall–Kier alpha value is -0.0800. The van der Waals surface area contributed by atoms with Crippen LogP contribution in [0.5, 0.6) is 0 Å². The van der Waals surface area contributed by atoms with Gasteiger partial charge < -0.3 is 10.6 Å². The lowest BCUT2D eigenvalue weighted by atomic mass is 9.83. The fourth-order valence-corrected chi connectivity index (χ4v) is 2.77. The summed E-state index contributed by atoms with van der Waals surface area (Å²) in [6.07, 6.45) is 9.66. The second-order valence-electron chi connectivity index (χ2n) is 5.34. The zero-order chi connectivity index (χ0) is 11.7. The van der Waals surface area contributed by atoms with Crippen molar-refractivity contribution < 1.29 is 0 Å². The predicted molar refractivity (Wildman–Crippen MR) is 71.8 cm³/mol. The van der Waals surface area contributed by atoms with Crippen LogP contribution in [0.4, 0.5) is 0 Å². The summed E-state index contributed by atoms with van der Waals surface area (Å²) in [6, 6.07) is 0. The Balaban J connectivity index is 1.97. The van der Waals surface area contributed by atoms with Crippen molar-refractivity contribution >= 4 is 0 Å². The lowest BCUT2D eigenvalue weighted by Crippen LogP contribution is -2.33. The average Bonchev–Trinajstić information content (AvgIpc) is 2.77. The molecular formula is C14H30N2. The van der Waals surface area contributed by atoms with Crippen LogP contribution in [0.2, 0.25) is 0 Å². The molecule has 2 heteroatoms. The van der Waals surface area contributed by atoms with E-state index >= 15 is 0 Å². The highest BCUT2D eigenvalue weighted by atomic mass is 14.9. The van der Waals surface area contributed by atoms with Crippen molar-refractivity contribution in [2.24, 2.45) is 5.41 Å². The first-order valence-electron chi connectivity index (χ1n) is 7.24. The Morgan fingerprint density at radius 2 is 1.62 bits per heavy atom. The maximum absolute atomic E-state index is 3.66. The maximum Gasteiger partial charge on any atom is 0.000771 e. The summed E-state index contributed by atoms with van der Waals surface area (Å²) in [6.45, 7) is 9.33. The van der Waals surface area contributed by atoms with Crippen LogP contribution in [-0.4, -0.2) is 26.2 Å². The summed E-state index contributed by atoms with van der Waals surface area (Å²) >= 11 is 0. The largest absolute Gasteiger partial charge is 0.317 e. The van der Waals surface area contributed by atoms with Crippen LogP contribution in [0.3, 0.4) is 0 Å². The van der Waals surface area contributed by atoms with Gasteiger partial charge in [0.2, 0.25) is 0 Å². The van der Waals surface area contributed by atoms with Gasteiger partial charge in [-0.05, 0) is 57.2 Å². The Morgan fingerprint density at radius 3 is 2.25 bits per heavy atom. The van der Waals surface area contributed by atoms with Crippen molar-refractivity contribution in [3.8, 4) is 0 Å². The number of rotatable bonds is 9. The van der Waals surface area contributed by atoms with Crippen molar-refractivity contribution in [3.63, 3.8) is 0 Å². The van der Waals surface area contributed by atoms with E-state index in [0.29, 0.717) is 5.41 Å². The molecule has 0 aromatic rings. The molecule has 2 N–H and O–H groups in total. The Kier molecular flexibility index (Phi) is 7.06. The molecule has 0 unspecified atom stereocenters. The van der Waals surface area contributed by atoms with Gasteiger partial charge in [-0.2, -0.15) is 0 Å². The first kappa shape index (κ1) is 14.0. The van der Waals surface area contributed by atoms with Gasteiger partial charge in [0.25, 0.3) is 0 Å². The van der Waals surface area contributed by atoms with E-state index < -0.39 is 0 Å². The second kappa shape index (κ2) is 8.08. The van der Waals surface area contributed by atoms with Crippen LogP contribution in [0.15, 0.2) is 0 Å². The molecule has 0 atom stereocenters. The van der Waals surface area contributed by atoms with E-state index in [1.165, 1.54) is 71.1 Å². The minimum Gasteiger partial charge on any atom is -0.317 e. The highest BCUT2D eigenvalue weighted by molar-refractivity contribution is 4.85. The molecule has 0 saturated heterocycles. The van der Waals surface area contributed by atoms with Gasteiger partial charge in [-0.25, -0.2) is 0 Å². The first-order valence-corrected chi connectivity index (χ1v) is 7.24. The van der Waals surface area contributed by atoms with Gasteiger partial charge in [-0.1, -0.05) is 26.7 Å². The van der Waals surface area contributed by atoms with Crippen molar-refractivity contribution in [2.75, 3.05) is 26.2 Å². The zero-order valence-corrected chi connectivity index (χ0v) is 11.3. The van der Waals surface area contributed by atoms with Crippen molar-refractivity contribution in [3.05, 3.63) is 0 Å². The second-order valence-corrected chi connectivity index (χ2v) is 5.34. The van der Waals surface area contributed by atoms with Crippen LogP contribution in [0.1, 0.15) is 58.8 Å². The third-order valence-electron chi connectivity index (χ3n) is 4.05. The topological polar surface area (TPSA) is 24.1 Å². The molecule has 0 bridgehead atoms. The Labute approximate surface area is 102 Å². The molecule has 1 rings (SSSR count).